The Hall–Kier alpha value is -0.980. The third-order valence-electron chi connectivity index (χ3n) is 3.07. The molecular formula is C12H16N2O2S2. The Morgan fingerprint density at radius 1 is 1.50 bits per heavy atom. The summed E-state index contributed by atoms with van der Waals surface area (Å²) in [6.07, 6.45) is 0.913. The van der Waals surface area contributed by atoms with Crippen molar-refractivity contribution >= 4 is 27.2 Å². The van der Waals surface area contributed by atoms with Crippen molar-refractivity contribution in [2.45, 2.75) is 25.1 Å². The molecule has 1 fully saturated rings. The molecular weight excluding hydrogens is 268 g/mol. The second-order valence-corrected chi connectivity index (χ2v) is 6.91. The first-order valence-electron chi connectivity index (χ1n) is 5.77. The van der Waals surface area contributed by atoms with Gasteiger partial charge in [0.15, 0.2) is 0 Å². The predicted octanol–water partition coefficient (Wildman–Crippen LogP) is 1.15. The van der Waals surface area contributed by atoms with Crippen molar-refractivity contribution in [1.29, 1.82) is 0 Å². The van der Waals surface area contributed by atoms with Gasteiger partial charge in [0, 0.05) is 11.6 Å². The molecule has 0 saturated heterocycles. The molecule has 18 heavy (non-hydrogen) atoms. The summed E-state index contributed by atoms with van der Waals surface area (Å²) in [5.41, 5.74) is 6.86. The first kappa shape index (κ1) is 13.5. The Bertz CT molecular complexity index is 569. The minimum atomic E-state index is -3.33. The van der Waals surface area contributed by atoms with E-state index >= 15 is 0 Å². The molecule has 1 aliphatic carbocycles. The normalized spacial score (nSPS) is 22.7. The number of rotatable bonds is 5. The van der Waals surface area contributed by atoms with E-state index in [4.69, 9.17) is 18.0 Å². The summed E-state index contributed by atoms with van der Waals surface area (Å²) >= 11 is 4.92. The van der Waals surface area contributed by atoms with E-state index in [1.165, 1.54) is 0 Å². The molecule has 2 atom stereocenters. The zero-order valence-corrected chi connectivity index (χ0v) is 11.7. The fourth-order valence-corrected chi connectivity index (χ4v) is 3.58. The minimum Gasteiger partial charge on any atom is -0.389 e. The standard InChI is InChI=1S/C12H16N2O2S2/c1-8-6-11(8)14-18(15,16)7-9-4-2-3-5-10(9)12(13)17/h2-5,8,11,14H,6-7H2,1H3,(H2,13,17). The zero-order chi connectivity index (χ0) is 13.3. The van der Waals surface area contributed by atoms with Gasteiger partial charge in [0.2, 0.25) is 10.0 Å². The molecule has 4 nitrogen and oxygen atoms in total. The Balaban J connectivity index is 2.15. The van der Waals surface area contributed by atoms with Gasteiger partial charge in [0.05, 0.1) is 5.75 Å². The molecule has 2 rings (SSSR count). The van der Waals surface area contributed by atoms with Crippen molar-refractivity contribution in [3.63, 3.8) is 0 Å². The largest absolute Gasteiger partial charge is 0.389 e. The highest BCUT2D eigenvalue weighted by molar-refractivity contribution is 7.88. The molecule has 0 heterocycles. The highest BCUT2D eigenvalue weighted by Crippen LogP contribution is 2.30. The van der Waals surface area contributed by atoms with Gasteiger partial charge in [-0.2, -0.15) is 0 Å². The van der Waals surface area contributed by atoms with Gasteiger partial charge in [-0.3, -0.25) is 0 Å². The first-order chi connectivity index (χ1) is 8.39. The number of nitrogens with one attached hydrogen (secondary N) is 1. The third kappa shape index (κ3) is 3.28. The molecule has 6 heteroatoms. The van der Waals surface area contributed by atoms with Gasteiger partial charge in [0.1, 0.15) is 4.99 Å². The monoisotopic (exact) mass is 284 g/mol. The molecule has 0 radical (unpaired) electrons. The van der Waals surface area contributed by atoms with Gasteiger partial charge < -0.3 is 5.73 Å². The van der Waals surface area contributed by atoms with Gasteiger partial charge >= 0.3 is 0 Å². The van der Waals surface area contributed by atoms with E-state index in [1.807, 2.05) is 6.92 Å². The molecule has 0 amide bonds. The molecule has 1 aromatic rings. The van der Waals surface area contributed by atoms with E-state index in [0.717, 1.165) is 6.42 Å². The fourth-order valence-electron chi connectivity index (χ4n) is 1.85. The van der Waals surface area contributed by atoms with Crippen LogP contribution >= 0.6 is 12.2 Å². The maximum Gasteiger partial charge on any atom is 0.216 e. The minimum absolute atomic E-state index is 0.0796. The van der Waals surface area contributed by atoms with Crippen molar-refractivity contribution in [3.05, 3.63) is 35.4 Å². The molecule has 98 valence electrons. The van der Waals surface area contributed by atoms with Crippen LogP contribution < -0.4 is 10.5 Å². The molecule has 1 saturated carbocycles. The van der Waals surface area contributed by atoms with Crippen LogP contribution in [0.5, 0.6) is 0 Å². The summed E-state index contributed by atoms with van der Waals surface area (Å²) in [6.45, 7) is 2.02. The van der Waals surface area contributed by atoms with Gasteiger partial charge in [0.25, 0.3) is 0 Å². The lowest BCUT2D eigenvalue weighted by Gasteiger charge is -2.09. The van der Waals surface area contributed by atoms with Crippen molar-refractivity contribution in [3.8, 4) is 0 Å². The fraction of sp³-hybridized carbons (Fsp3) is 0.417. The second-order valence-electron chi connectivity index (χ2n) is 4.72. The molecule has 0 aromatic heterocycles. The zero-order valence-electron chi connectivity index (χ0n) is 10.1. The summed E-state index contributed by atoms with van der Waals surface area (Å²) in [4.78, 5) is 0.223. The summed E-state index contributed by atoms with van der Waals surface area (Å²) in [5.74, 6) is 0.356. The average Bonchev–Trinajstić information content (AvgIpc) is 2.92. The van der Waals surface area contributed by atoms with Gasteiger partial charge in [-0.25, -0.2) is 13.1 Å². The van der Waals surface area contributed by atoms with Crippen LogP contribution in [0.1, 0.15) is 24.5 Å². The lowest BCUT2D eigenvalue weighted by Crippen LogP contribution is -2.29. The van der Waals surface area contributed by atoms with E-state index in [0.29, 0.717) is 17.0 Å². The van der Waals surface area contributed by atoms with E-state index in [-0.39, 0.29) is 16.8 Å². The van der Waals surface area contributed by atoms with Crippen LogP contribution in [-0.2, 0) is 15.8 Å². The van der Waals surface area contributed by atoms with E-state index in [2.05, 4.69) is 4.72 Å². The van der Waals surface area contributed by atoms with Crippen LogP contribution in [0.4, 0.5) is 0 Å². The molecule has 0 spiro atoms. The van der Waals surface area contributed by atoms with Crippen LogP contribution in [0.15, 0.2) is 24.3 Å². The number of hydrogen-bond acceptors (Lipinski definition) is 3. The van der Waals surface area contributed by atoms with Crippen molar-refractivity contribution < 1.29 is 8.42 Å². The van der Waals surface area contributed by atoms with Gasteiger partial charge in [-0.15, -0.1) is 0 Å². The Labute approximate surface area is 113 Å². The topological polar surface area (TPSA) is 72.2 Å². The van der Waals surface area contributed by atoms with Crippen molar-refractivity contribution in [2.75, 3.05) is 0 Å². The summed E-state index contributed by atoms with van der Waals surface area (Å²) in [7, 11) is -3.33. The van der Waals surface area contributed by atoms with E-state index < -0.39 is 10.0 Å². The Morgan fingerprint density at radius 3 is 2.67 bits per heavy atom. The SMILES string of the molecule is CC1CC1NS(=O)(=O)Cc1ccccc1C(N)=S. The lowest BCUT2D eigenvalue weighted by atomic mass is 10.1. The highest BCUT2D eigenvalue weighted by Gasteiger charge is 2.36. The summed E-state index contributed by atoms with van der Waals surface area (Å²) in [5, 5.41) is 0. The van der Waals surface area contributed by atoms with E-state index in [1.54, 1.807) is 24.3 Å². The molecule has 0 bridgehead atoms. The molecule has 0 aliphatic heterocycles. The maximum atomic E-state index is 12.0. The smallest absolute Gasteiger partial charge is 0.216 e. The Morgan fingerprint density at radius 2 is 2.11 bits per heavy atom. The quantitative estimate of drug-likeness (QED) is 0.796. The van der Waals surface area contributed by atoms with Crippen molar-refractivity contribution in [2.24, 2.45) is 11.7 Å². The molecule has 2 unspecified atom stereocenters. The number of thiocarbonyl (C=S) groups is 1. The molecule has 1 aromatic carbocycles. The number of sulfonamides is 1. The van der Waals surface area contributed by atoms with Crippen LogP contribution in [0.2, 0.25) is 0 Å². The number of nitrogens with two attached hydrogens (primary N) is 1. The summed E-state index contributed by atoms with van der Waals surface area (Å²) in [6, 6.07) is 7.15. The first-order valence-corrected chi connectivity index (χ1v) is 7.83. The molecule has 1 aliphatic rings. The number of hydrogen-bond donors (Lipinski definition) is 2. The van der Waals surface area contributed by atoms with E-state index in [9.17, 15) is 8.42 Å². The van der Waals surface area contributed by atoms with Crippen LogP contribution in [-0.4, -0.2) is 19.4 Å². The summed E-state index contributed by atoms with van der Waals surface area (Å²) < 4.78 is 26.6. The highest BCUT2D eigenvalue weighted by atomic mass is 32.2. The van der Waals surface area contributed by atoms with Gasteiger partial charge in [-0.05, 0) is 17.9 Å². The molecule has 3 N–H and O–H groups in total. The number of benzene rings is 1. The van der Waals surface area contributed by atoms with Crippen LogP contribution in [0.3, 0.4) is 0 Å². The average molecular weight is 284 g/mol. The van der Waals surface area contributed by atoms with Crippen LogP contribution in [0, 0.1) is 5.92 Å². The van der Waals surface area contributed by atoms with Crippen molar-refractivity contribution in [1.82, 2.24) is 4.72 Å². The second kappa shape index (κ2) is 4.95. The van der Waals surface area contributed by atoms with Crippen LogP contribution in [0.25, 0.3) is 0 Å². The maximum absolute atomic E-state index is 12.0. The Kier molecular flexibility index (Phi) is 3.70. The lowest BCUT2D eigenvalue weighted by molar-refractivity contribution is 0.577. The third-order valence-corrected chi connectivity index (χ3v) is 4.64. The van der Waals surface area contributed by atoms with Gasteiger partial charge in [-0.1, -0.05) is 43.4 Å². The predicted molar refractivity (Wildman–Crippen MR) is 75.7 cm³/mol.